The first-order chi connectivity index (χ1) is 11.4. The quantitative estimate of drug-likeness (QED) is 0.797. The number of hydrogen-bond acceptors (Lipinski definition) is 2. The van der Waals surface area contributed by atoms with E-state index < -0.39 is 6.61 Å². The Morgan fingerprint density at radius 3 is 2.58 bits per heavy atom. The molecule has 1 fully saturated rings. The number of alkyl halides is 2. The highest BCUT2D eigenvalue weighted by molar-refractivity contribution is 5.77. The Morgan fingerprint density at radius 1 is 1.29 bits per heavy atom. The van der Waals surface area contributed by atoms with Gasteiger partial charge < -0.3 is 15.0 Å². The van der Waals surface area contributed by atoms with Crippen LogP contribution in [0.4, 0.5) is 8.78 Å². The Morgan fingerprint density at radius 2 is 1.96 bits per heavy atom. The minimum atomic E-state index is -2.81. The molecule has 2 rings (SSSR count). The zero-order valence-electron chi connectivity index (χ0n) is 14.4. The minimum absolute atomic E-state index is 0.0731. The predicted octanol–water partition coefficient (Wildman–Crippen LogP) is 2.00. The molecule has 24 heavy (non-hydrogen) atoms. The average Bonchev–Trinajstić information content (AvgIpc) is 2.51. The maximum atomic E-state index is 12.2. The molecule has 0 aliphatic heterocycles. The van der Waals surface area contributed by atoms with E-state index in [1.54, 1.807) is 12.1 Å². The molecule has 1 amide bonds. The molecule has 4 nitrogen and oxygen atoms in total. The summed E-state index contributed by atoms with van der Waals surface area (Å²) in [7, 11) is 1.95. The van der Waals surface area contributed by atoms with Crippen molar-refractivity contribution in [1.29, 1.82) is 0 Å². The van der Waals surface area contributed by atoms with Crippen LogP contribution in [0.15, 0.2) is 24.3 Å². The lowest BCUT2D eigenvalue weighted by Crippen LogP contribution is -3.09. The largest absolute Gasteiger partial charge is 0.435 e. The lowest BCUT2D eigenvalue weighted by atomic mass is 9.86. The summed E-state index contributed by atoms with van der Waals surface area (Å²) >= 11 is 0. The fourth-order valence-corrected chi connectivity index (χ4v) is 3.26. The Labute approximate surface area is 142 Å². The van der Waals surface area contributed by atoms with Crippen LogP contribution in [0.25, 0.3) is 0 Å². The van der Waals surface area contributed by atoms with Gasteiger partial charge >= 0.3 is 6.61 Å². The first-order valence-corrected chi connectivity index (χ1v) is 8.58. The first-order valence-electron chi connectivity index (χ1n) is 8.58. The van der Waals surface area contributed by atoms with Gasteiger partial charge in [-0.2, -0.15) is 8.78 Å². The second-order valence-corrected chi connectivity index (χ2v) is 6.77. The number of hydrogen-bond donors (Lipinski definition) is 2. The third kappa shape index (κ3) is 6.07. The van der Waals surface area contributed by atoms with Crippen molar-refractivity contribution in [2.45, 2.75) is 51.8 Å². The van der Waals surface area contributed by atoms with E-state index in [1.807, 2.05) is 7.05 Å². The van der Waals surface area contributed by atoms with E-state index in [0.717, 1.165) is 16.9 Å². The van der Waals surface area contributed by atoms with Gasteiger partial charge in [-0.05, 0) is 43.0 Å². The van der Waals surface area contributed by atoms with Crippen molar-refractivity contribution in [2.75, 3.05) is 13.6 Å². The smallest absolute Gasteiger partial charge is 0.387 e. The predicted molar refractivity (Wildman–Crippen MR) is 88.1 cm³/mol. The zero-order valence-corrected chi connectivity index (χ0v) is 14.4. The first kappa shape index (κ1) is 18.6. The highest BCUT2D eigenvalue weighted by atomic mass is 19.3. The molecule has 2 N–H and O–H groups in total. The third-order valence-electron chi connectivity index (χ3n) is 4.57. The highest BCUT2D eigenvalue weighted by Crippen LogP contribution is 2.23. The fraction of sp³-hybridized carbons (Fsp3) is 0.611. The SMILES string of the molecule is C[C@H]1CCCC[C@H]1NC(=O)C[NH+](C)Cc1ccc(OC(F)F)cc1. The summed E-state index contributed by atoms with van der Waals surface area (Å²) in [5.41, 5.74) is 0.980. The molecule has 0 bridgehead atoms. The van der Waals surface area contributed by atoms with E-state index in [0.29, 0.717) is 25.0 Å². The van der Waals surface area contributed by atoms with E-state index in [1.165, 1.54) is 31.4 Å². The molecule has 0 radical (unpaired) electrons. The van der Waals surface area contributed by atoms with Crippen LogP contribution in [0.3, 0.4) is 0 Å². The Kier molecular flexibility index (Phi) is 6.97. The number of benzene rings is 1. The lowest BCUT2D eigenvalue weighted by Gasteiger charge is -2.29. The summed E-state index contributed by atoms with van der Waals surface area (Å²) in [6, 6.07) is 6.85. The summed E-state index contributed by atoms with van der Waals surface area (Å²) < 4.78 is 28.6. The van der Waals surface area contributed by atoms with Gasteiger partial charge in [-0.15, -0.1) is 0 Å². The van der Waals surface area contributed by atoms with Crippen LogP contribution in [0.5, 0.6) is 5.75 Å². The molecule has 1 unspecified atom stereocenters. The van der Waals surface area contributed by atoms with Crippen molar-refractivity contribution in [3.63, 3.8) is 0 Å². The Balaban J connectivity index is 1.77. The van der Waals surface area contributed by atoms with Crippen LogP contribution in [0.2, 0.25) is 0 Å². The maximum absolute atomic E-state index is 12.2. The summed E-state index contributed by atoms with van der Waals surface area (Å²) in [5.74, 6) is 0.768. The number of carbonyl (C=O) groups excluding carboxylic acids is 1. The van der Waals surface area contributed by atoms with E-state index in [2.05, 4.69) is 17.0 Å². The van der Waals surface area contributed by atoms with E-state index in [-0.39, 0.29) is 11.7 Å². The molecule has 1 aliphatic rings. The summed E-state index contributed by atoms with van der Waals surface area (Å²) in [6.07, 6.45) is 4.69. The zero-order chi connectivity index (χ0) is 17.5. The van der Waals surface area contributed by atoms with Gasteiger partial charge in [-0.1, -0.05) is 19.8 Å². The van der Waals surface area contributed by atoms with Gasteiger partial charge in [0.25, 0.3) is 5.91 Å². The standard InChI is InChI=1S/C18H26F2N2O2/c1-13-5-3-4-6-16(13)21-17(23)12-22(2)11-14-7-9-15(10-8-14)24-18(19)20/h7-10,13,16,18H,3-6,11-12H2,1-2H3,(H,21,23)/p+1/t13-,16+/m0/s1. The van der Waals surface area contributed by atoms with Crippen molar-refractivity contribution in [2.24, 2.45) is 5.92 Å². The van der Waals surface area contributed by atoms with Crippen LogP contribution in [0, 0.1) is 5.92 Å². The molecule has 134 valence electrons. The number of quaternary nitrogens is 1. The minimum Gasteiger partial charge on any atom is -0.435 e. The fourth-order valence-electron chi connectivity index (χ4n) is 3.26. The molecule has 1 aromatic carbocycles. The van der Waals surface area contributed by atoms with Gasteiger partial charge in [-0.25, -0.2) is 0 Å². The highest BCUT2D eigenvalue weighted by Gasteiger charge is 2.23. The van der Waals surface area contributed by atoms with Gasteiger partial charge in [0.15, 0.2) is 6.54 Å². The van der Waals surface area contributed by atoms with E-state index in [9.17, 15) is 13.6 Å². The van der Waals surface area contributed by atoms with Crippen molar-refractivity contribution >= 4 is 5.91 Å². The molecule has 0 aromatic heterocycles. The second-order valence-electron chi connectivity index (χ2n) is 6.77. The van der Waals surface area contributed by atoms with Gasteiger partial charge in [0.2, 0.25) is 0 Å². The second kappa shape index (κ2) is 8.97. The summed E-state index contributed by atoms with van der Waals surface area (Å²) in [6.45, 7) is 0.445. The number of halogens is 2. The van der Waals surface area contributed by atoms with Gasteiger partial charge in [0.1, 0.15) is 12.3 Å². The third-order valence-corrected chi connectivity index (χ3v) is 4.57. The summed E-state index contributed by atoms with van der Waals surface area (Å²) in [4.78, 5) is 13.3. The molecule has 1 aromatic rings. The molecule has 1 aliphatic carbocycles. The normalized spacial score (nSPS) is 22.2. The van der Waals surface area contributed by atoms with E-state index in [4.69, 9.17) is 0 Å². The molecule has 1 saturated carbocycles. The van der Waals surface area contributed by atoms with Crippen molar-refractivity contribution < 1.29 is 23.2 Å². The average molecular weight is 341 g/mol. The van der Waals surface area contributed by atoms with Crippen LogP contribution in [-0.4, -0.2) is 32.2 Å². The van der Waals surface area contributed by atoms with E-state index >= 15 is 0 Å². The van der Waals surface area contributed by atoms with Gasteiger partial charge in [0, 0.05) is 11.6 Å². The number of nitrogens with one attached hydrogen (secondary N) is 2. The monoisotopic (exact) mass is 341 g/mol. The van der Waals surface area contributed by atoms with Crippen LogP contribution in [0.1, 0.15) is 38.2 Å². The molecule has 3 atom stereocenters. The van der Waals surface area contributed by atoms with Gasteiger partial charge in [-0.3, -0.25) is 4.79 Å². The molecular formula is C18H27F2N2O2+. The molecule has 0 heterocycles. The van der Waals surface area contributed by atoms with Crippen molar-refractivity contribution in [3.05, 3.63) is 29.8 Å². The van der Waals surface area contributed by atoms with Crippen molar-refractivity contribution in [1.82, 2.24) is 5.32 Å². The molecule has 0 spiro atoms. The number of ether oxygens (including phenoxy) is 1. The number of rotatable bonds is 7. The lowest BCUT2D eigenvalue weighted by molar-refractivity contribution is -0.885. The Hall–Kier alpha value is -1.69. The topological polar surface area (TPSA) is 42.8 Å². The van der Waals surface area contributed by atoms with Crippen molar-refractivity contribution in [3.8, 4) is 5.75 Å². The summed E-state index contributed by atoms with van der Waals surface area (Å²) in [5, 5.41) is 3.15. The molecule has 6 heteroatoms. The molecule has 0 saturated heterocycles. The number of amides is 1. The number of carbonyl (C=O) groups is 1. The molecular weight excluding hydrogens is 314 g/mol. The van der Waals surface area contributed by atoms with Crippen LogP contribution in [-0.2, 0) is 11.3 Å². The van der Waals surface area contributed by atoms with Crippen LogP contribution >= 0.6 is 0 Å². The van der Waals surface area contributed by atoms with Crippen LogP contribution < -0.4 is 15.0 Å². The Bertz CT molecular complexity index is 522. The maximum Gasteiger partial charge on any atom is 0.387 e. The number of likely N-dealkylation sites (N-methyl/N-ethyl adjacent to an activating group) is 1. The van der Waals surface area contributed by atoms with Gasteiger partial charge in [0.05, 0.1) is 7.05 Å².